The lowest BCUT2D eigenvalue weighted by molar-refractivity contribution is 0.332. The summed E-state index contributed by atoms with van der Waals surface area (Å²) in [6.07, 6.45) is 5.53. The minimum absolute atomic E-state index is 0.315. The molecule has 0 saturated heterocycles. The minimum atomic E-state index is 0.315. The first-order chi connectivity index (χ1) is 5.36. The summed E-state index contributed by atoms with van der Waals surface area (Å²) in [5, 5.41) is 0. The van der Waals surface area contributed by atoms with Crippen LogP contribution in [0.2, 0.25) is 0 Å². The zero-order valence-electron chi connectivity index (χ0n) is 9.15. The number of hydrogen-bond donors (Lipinski definition) is 0. The quantitative estimate of drug-likeness (QED) is 0.549. The lowest BCUT2D eigenvalue weighted by Crippen LogP contribution is -2.15. The molecule has 0 atom stereocenters. The maximum Gasteiger partial charge on any atom is -0.0144 e. The first kappa shape index (κ1) is 11.5. The lowest BCUT2D eigenvalue weighted by atomic mass is 9.81. The van der Waals surface area contributed by atoms with Gasteiger partial charge in [0.2, 0.25) is 0 Å². The molecule has 12 heavy (non-hydrogen) atoms. The van der Waals surface area contributed by atoms with Crippen LogP contribution in [0.4, 0.5) is 0 Å². The van der Waals surface area contributed by atoms with Gasteiger partial charge in [0.15, 0.2) is 0 Å². The van der Waals surface area contributed by atoms with E-state index in [4.69, 9.17) is 0 Å². The van der Waals surface area contributed by atoms with Crippen molar-refractivity contribution in [3.05, 3.63) is 24.3 Å². The molecule has 0 heterocycles. The zero-order valence-corrected chi connectivity index (χ0v) is 9.15. The number of allylic oxidation sites excluding steroid dienone is 3. The van der Waals surface area contributed by atoms with Gasteiger partial charge in [-0.3, -0.25) is 0 Å². The average molecular weight is 166 g/mol. The molecule has 0 radical (unpaired) electrons. The van der Waals surface area contributed by atoms with Gasteiger partial charge in [-0.15, -0.1) is 0 Å². The van der Waals surface area contributed by atoms with Crippen molar-refractivity contribution in [1.29, 1.82) is 0 Å². The summed E-state index contributed by atoms with van der Waals surface area (Å²) in [4.78, 5) is 0. The molecule has 0 amide bonds. The Balaban J connectivity index is 4.05. The van der Waals surface area contributed by atoms with Crippen molar-refractivity contribution in [3.8, 4) is 0 Å². The molecule has 0 aromatic carbocycles. The molecule has 0 aliphatic carbocycles. The zero-order chi connectivity index (χ0) is 9.78. The van der Waals surface area contributed by atoms with Crippen LogP contribution in [0.5, 0.6) is 0 Å². The molecule has 0 fully saturated rings. The molecule has 0 aromatic rings. The molecule has 0 bridgehead atoms. The van der Waals surface area contributed by atoms with Gasteiger partial charge in [-0.25, -0.2) is 0 Å². The molecule has 0 unspecified atom stereocenters. The Morgan fingerprint density at radius 1 is 1.42 bits per heavy atom. The Labute approximate surface area is 77.4 Å². The molecular formula is C12H22. The smallest absolute Gasteiger partial charge is 0.0144 e. The summed E-state index contributed by atoms with van der Waals surface area (Å²) < 4.78 is 0. The van der Waals surface area contributed by atoms with Gasteiger partial charge in [0.1, 0.15) is 0 Å². The number of rotatable bonds is 4. The Kier molecular flexibility index (Phi) is 4.30. The molecule has 70 valence electrons. The van der Waals surface area contributed by atoms with E-state index in [1.807, 2.05) is 0 Å². The third-order valence-corrected chi connectivity index (χ3v) is 2.50. The Morgan fingerprint density at radius 2 is 1.92 bits per heavy atom. The van der Waals surface area contributed by atoms with Crippen LogP contribution in [0.25, 0.3) is 0 Å². The van der Waals surface area contributed by atoms with Gasteiger partial charge < -0.3 is 0 Å². The van der Waals surface area contributed by atoms with E-state index in [0.717, 1.165) is 6.42 Å². The molecule has 0 aliphatic heterocycles. The third-order valence-electron chi connectivity index (χ3n) is 2.50. The minimum Gasteiger partial charge on any atom is -0.0998 e. The summed E-state index contributed by atoms with van der Waals surface area (Å²) in [7, 11) is 0. The van der Waals surface area contributed by atoms with E-state index in [2.05, 4.69) is 53.3 Å². The highest BCUT2D eigenvalue weighted by Gasteiger charge is 2.17. The normalized spacial score (nSPS) is 12.8. The lowest BCUT2D eigenvalue weighted by Gasteiger charge is -2.25. The average Bonchev–Trinajstić information content (AvgIpc) is 1.85. The Bertz CT molecular complexity index is 170. The van der Waals surface area contributed by atoms with Crippen molar-refractivity contribution in [2.75, 3.05) is 0 Å². The molecule has 0 aliphatic rings. The van der Waals surface area contributed by atoms with E-state index in [-0.39, 0.29) is 0 Å². The van der Waals surface area contributed by atoms with E-state index >= 15 is 0 Å². The highest BCUT2D eigenvalue weighted by molar-refractivity contribution is 5.03. The predicted octanol–water partition coefficient (Wildman–Crippen LogP) is 4.19. The monoisotopic (exact) mass is 166 g/mol. The molecule has 0 rings (SSSR count). The van der Waals surface area contributed by atoms with Gasteiger partial charge in [-0.1, -0.05) is 52.0 Å². The van der Waals surface area contributed by atoms with Crippen LogP contribution in [0, 0.1) is 11.3 Å². The van der Waals surface area contributed by atoms with Crippen LogP contribution in [0.15, 0.2) is 24.3 Å². The topological polar surface area (TPSA) is 0 Å². The fourth-order valence-corrected chi connectivity index (χ4v) is 0.756. The van der Waals surface area contributed by atoms with Crippen LogP contribution in [0.1, 0.15) is 41.0 Å². The van der Waals surface area contributed by atoms with Crippen LogP contribution < -0.4 is 0 Å². The molecule has 0 heteroatoms. The largest absolute Gasteiger partial charge is 0.0998 e. The second kappa shape index (κ2) is 4.49. The van der Waals surface area contributed by atoms with E-state index < -0.39 is 0 Å². The van der Waals surface area contributed by atoms with Gasteiger partial charge >= 0.3 is 0 Å². The summed E-state index contributed by atoms with van der Waals surface area (Å²) >= 11 is 0. The molecular weight excluding hydrogens is 144 g/mol. The molecule has 0 N–H and O–H groups in total. The van der Waals surface area contributed by atoms with Crippen molar-refractivity contribution in [2.24, 2.45) is 11.3 Å². The van der Waals surface area contributed by atoms with E-state index in [0.29, 0.717) is 11.3 Å². The summed E-state index contributed by atoms with van der Waals surface area (Å²) in [6.45, 7) is 15.0. The molecule has 0 aromatic heterocycles. The van der Waals surface area contributed by atoms with Crippen LogP contribution in [-0.2, 0) is 0 Å². The molecule has 0 nitrogen and oxygen atoms in total. The highest BCUT2D eigenvalue weighted by Crippen LogP contribution is 2.27. The fourth-order valence-electron chi connectivity index (χ4n) is 0.756. The SMILES string of the molecule is C=C(C)CC=CC(C)(C)C(C)C. The second-order valence-corrected chi connectivity index (χ2v) is 4.54. The van der Waals surface area contributed by atoms with Crippen molar-refractivity contribution in [1.82, 2.24) is 0 Å². The number of hydrogen-bond acceptors (Lipinski definition) is 0. The second-order valence-electron chi connectivity index (χ2n) is 4.54. The summed E-state index contributed by atoms with van der Waals surface area (Å²) in [5.41, 5.74) is 1.54. The predicted molar refractivity (Wildman–Crippen MR) is 57.2 cm³/mol. The molecule has 0 spiro atoms. The fraction of sp³-hybridized carbons (Fsp3) is 0.667. The van der Waals surface area contributed by atoms with Gasteiger partial charge in [-0.2, -0.15) is 0 Å². The molecule has 0 saturated carbocycles. The van der Waals surface area contributed by atoms with Gasteiger partial charge in [0.05, 0.1) is 0 Å². The first-order valence-electron chi connectivity index (χ1n) is 4.68. The van der Waals surface area contributed by atoms with Gasteiger partial charge in [0, 0.05) is 0 Å². The Hall–Kier alpha value is -0.520. The Morgan fingerprint density at radius 3 is 2.25 bits per heavy atom. The van der Waals surface area contributed by atoms with Crippen LogP contribution in [-0.4, -0.2) is 0 Å². The van der Waals surface area contributed by atoms with Gasteiger partial charge in [0.25, 0.3) is 0 Å². The maximum absolute atomic E-state index is 3.87. The van der Waals surface area contributed by atoms with Crippen LogP contribution >= 0.6 is 0 Å². The maximum atomic E-state index is 3.87. The standard InChI is InChI=1S/C12H22/c1-10(2)8-7-9-12(5,6)11(3)4/h7,9,11H,1,8H2,2-6H3. The highest BCUT2D eigenvalue weighted by atomic mass is 14.2. The third kappa shape index (κ3) is 4.38. The van der Waals surface area contributed by atoms with E-state index in [1.165, 1.54) is 5.57 Å². The van der Waals surface area contributed by atoms with Crippen molar-refractivity contribution in [2.45, 2.75) is 41.0 Å². The summed E-state index contributed by atoms with van der Waals surface area (Å²) in [5.74, 6) is 0.693. The van der Waals surface area contributed by atoms with Crippen molar-refractivity contribution in [3.63, 3.8) is 0 Å². The van der Waals surface area contributed by atoms with Gasteiger partial charge in [-0.05, 0) is 24.7 Å². The van der Waals surface area contributed by atoms with Crippen molar-refractivity contribution >= 4 is 0 Å². The first-order valence-corrected chi connectivity index (χ1v) is 4.68. The van der Waals surface area contributed by atoms with E-state index in [1.54, 1.807) is 0 Å². The summed E-state index contributed by atoms with van der Waals surface area (Å²) in [6, 6.07) is 0. The van der Waals surface area contributed by atoms with E-state index in [9.17, 15) is 0 Å². The van der Waals surface area contributed by atoms with Crippen LogP contribution in [0.3, 0.4) is 0 Å². The van der Waals surface area contributed by atoms with Crippen molar-refractivity contribution < 1.29 is 0 Å².